The van der Waals surface area contributed by atoms with Gasteiger partial charge in [0.15, 0.2) is 8.15 Å². The highest BCUT2D eigenvalue weighted by atomic mass is 31.1. The zero-order valence-corrected chi connectivity index (χ0v) is 18.7. The molecule has 4 aromatic rings. The average molecular weight is 437 g/mol. The van der Waals surface area contributed by atoms with Crippen LogP contribution in [0.25, 0.3) is 5.76 Å². The van der Waals surface area contributed by atoms with Crippen LogP contribution in [0.1, 0.15) is 21.5 Å². The van der Waals surface area contributed by atoms with E-state index in [0.29, 0.717) is 11.3 Å². The van der Waals surface area contributed by atoms with E-state index < -0.39 is 8.15 Å². The SMILES string of the molecule is Cc1cccc(C(=CNC(=O)c2ccccc2)OP(c2ccccc2)c2ccccc2)c1. The standard InChI is InChI=1S/C28H24NO2P/c1-22-12-11-15-24(20-22)27(21-29-28(30)23-13-5-2-6-14-23)31-32(25-16-7-3-8-17-25)26-18-9-4-10-19-26/h2-21H,1H3,(H,29,30). The molecule has 0 saturated heterocycles. The number of carbonyl (C=O) groups excluding carboxylic acids is 1. The Morgan fingerprint density at radius 2 is 1.25 bits per heavy atom. The number of carbonyl (C=O) groups is 1. The van der Waals surface area contributed by atoms with Crippen LogP contribution in [-0.2, 0) is 4.52 Å². The Balaban J connectivity index is 1.70. The van der Waals surface area contributed by atoms with Gasteiger partial charge in [-0.05, 0) is 25.1 Å². The van der Waals surface area contributed by atoms with E-state index in [9.17, 15) is 4.79 Å². The van der Waals surface area contributed by atoms with Gasteiger partial charge in [-0.1, -0.05) is 103 Å². The third-order valence-corrected chi connectivity index (χ3v) is 6.76. The summed E-state index contributed by atoms with van der Waals surface area (Å²) in [7, 11) is -1.13. The van der Waals surface area contributed by atoms with E-state index >= 15 is 0 Å². The van der Waals surface area contributed by atoms with Crippen LogP contribution in [0.2, 0.25) is 0 Å². The lowest BCUT2D eigenvalue weighted by Gasteiger charge is -2.22. The van der Waals surface area contributed by atoms with Gasteiger partial charge in [0.1, 0.15) is 5.76 Å². The number of benzene rings is 4. The third-order valence-electron chi connectivity index (χ3n) is 4.84. The molecular formula is C28H24NO2P. The predicted molar refractivity (Wildman–Crippen MR) is 133 cm³/mol. The molecule has 32 heavy (non-hydrogen) atoms. The predicted octanol–water partition coefficient (Wildman–Crippen LogP) is 5.79. The molecule has 4 rings (SSSR count). The van der Waals surface area contributed by atoms with Gasteiger partial charge in [-0.2, -0.15) is 0 Å². The first-order chi connectivity index (χ1) is 15.7. The van der Waals surface area contributed by atoms with Crippen LogP contribution in [0.5, 0.6) is 0 Å². The molecule has 0 aliphatic heterocycles. The van der Waals surface area contributed by atoms with Crippen LogP contribution >= 0.6 is 8.15 Å². The van der Waals surface area contributed by atoms with Gasteiger partial charge in [0, 0.05) is 27.9 Å². The minimum Gasteiger partial charge on any atom is -0.462 e. The lowest BCUT2D eigenvalue weighted by molar-refractivity contribution is 0.0969. The number of rotatable bonds is 7. The van der Waals surface area contributed by atoms with E-state index in [0.717, 1.165) is 21.7 Å². The van der Waals surface area contributed by atoms with Crippen molar-refractivity contribution in [2.45, 2.75) is 6.92 Å². The van der Waals surface area contributed by atoms with Crippen LogP contribution in [0.4, 0.5) is 0 Å². The lowest BCUT2D eigenvalue weighted by Crippen LogP contribution is -2.19. The highest BCUT2D eigenvalue weighted by Crippen LogP contribution is 2.40. The Bertz CT molecular complexity index is 1150. The summed E-state index contributed by atoms with van der Waals surface area (Å²) in [6.45, 7) is 2.04. The molecule has 3 nitrogen and oxygen atoms in total. The Morgan fingerprint density at radius 3 is 1.81 bits per heavy atom. The molecule has 0 atom stereocenters. The lowest BCUT2D eigenvalue weighted by atomic mass is 10.1. The van der Waals surface area contributed by atoms with Gasteiger partial charge in [0.25, 0.3) is 5.91 Å². The summed E-state index contributed by atoms with van der Waals surface area (Å²) in [4.78, 5) is 12.7. The van der Waals surface area contributed by atoms with Crippen molar-refractivity contribution in [3.8, 4) is 0 Å². The minimum atomic E-state index is -1.13. The summed E-state index contributed by atoms with van der Waals surface area (Å²) in [6, 6.07) is 37.6. The Morgan fingerprint density at radius 1 is 0.719 bits per heavy atom. The second-order valence-corrected chi connectivity index (χ2v) is 9.08. The molecule has 0 fully saturated rings. The molecule has 4 heteroatoms. The van der Waals surface area contributed by atoms with Gasteiger partial charge in [-0.3, -0.25) is 4.79 Å². The topological polar surface area (TPSA) is 38.3 Å². The van der Waals surface area contributed by atoms with Crippen molar-refractivity contribution < 1.29 is 9.32 Å². The van der Waals surface area contributed by atoms with Crippen molar-refractivity contribution in [2.75, 3.05) is 0 Å². The molecule has 0 spiro atoms. The minimum absolute atomic E-state index is 0.178. The fourth-order valence-corrected chi connectivity index (χ4v) is 4.99. The molecular weight excluding hydrogens is 413 g/mol. The summed E-state index contributed by atoms with van der Waals surface area (Å²) in [6.07, 6.45) is 1.67. The molecule has 1 amide bonds. The highest BCUT2D eigenvalue weighted by Gasteiger charge is 2.19. The average Bonchev–Trinajstić information content (AvgIpc) is 2.85. The van der Waals surface area contributed by atoms with Gasteiger partial charge in [-0.15, -0.1) is 0 Å². The van der Waals surface area contributed by atoms with Gasteiger partial charge in [-0.25, -0.2) is 0 Å². The Labute approximate surface area is 190 Å². The van der Waals surface area contributed by atoms with E-state index in [2.05, 4.69) is 35.6 Å². The molecule has 0 radical (unpaired) electrons. The Kier molecular flexibility index (Phi) is 7.12. The molecule has 0 saturated carbocycles. The first kappa shape index (κ1) is 21.5. The maximum atomic E-state index is 12.7. The summed E-state index contributed by atoms with van der Waals surface area (Å²) < 4.78 is 6.66. The fraction of sp³-hybridized carbons (Fsp3) is 0.0357. The van der Waals surface area contributed by atoms with Gasteiger partial charge >= 0.3 is 0 Å². The van der Waals surface area contributed by atoms with Gasteiger partial charge in [0.2, 0.25) is 0 Å². The quantitative estimate of drug-likeness (QED) is 0.294. The smallest absolute Gasteiger partial charge is 0.255 e. The van der Waals surface area contributed by atoms with Crippen LogP contribution < -0.4 is 15.9 Å². The number of hydrogen-bond donors (Lipinski definition) is 1. The van der Waals surface area contributed by atoms with Crippen LogP contribution in [0.15, 0.2) is 121 Å². The number of aryl methyl sites for hydroxylation is 1. The van der Waals surface area contributed by atoms with Crippen molar-refractivity contribution in [3.63, 3.8) is 0 Å². The van der Waals surface area contributed by atoms with E-state index in [1.165, 1.54) is 0 Å². The maximum Gasteiger partial charge on any atom is 0.255 e. The van der Waals surface area contributed by atoms with E-state index in [1.807, 2.05) is 79.7 Å². The summed E-state index contributed by atoms with van der Waals surface area (Å²) in [5, 5.41) is 5.11. The van der Waals surface area contributed by atoms with E-state index in [1.54, 1.807) is 18.3 Å². The molecule has 158 valence electrons. The van der Waals surface area contributed by atoms with Crippen molar-refractivity contribution in [1.82, 2.24) is 5.32 Å². The number of nitrogens with one attached hydrogen (secondary N) is 1. The van der Waals surface area contributed by atoms with E-state index in [-0.39, 0.29) is 5.91 Å². The monoisotopic (exact) mass is 437 g/mol. The first-order valence-corrected chi connectivity index (χ1v) is 11.7. The second-order valence-electron chi connectivity index (χ2n) is 7.27. The highest BCUT2D eigenvalue weighted by molar-refractivity contribution is 7.68. The van der Waals surface area contributed by atoms with Gasteiger partial charge < -0.3 is 9.84 Å². The van der Waals surface area contributed by atoms with E-state index in [4.69, 9.17) is 4.52 Å². The van der Waals surface area contributed by atoms with Gasteiger partial charge in [0.05, 0.1) is 0 Å². The van der Waals surface area contributed by atoms with Crippen molar-refractivity contribution >= 4 is 30.4 Å². The van der Waals surface area contributed by atoms with Crippen LogP contribution in [0, 0.1) is 6.92 Å². The molecule has 0 aromatic heterocycles. The van der Waals surface area contributed by atoms with Crippen LogP contribution in [0.3, 0.4) is 0 Å². The first-order valence-electron chi connectivity index (χ1n) is 10.4. The maximum absolute atomic E-state index is 12.7. The molecule has 0 unspecified atom stereocenters. The largest absolute Gasteiger partial charge is 0.462 e. The molecule has 0 aliphatic carbocycles. The summed E-state index contributed by atoms with van der Waals surface area (Å²) in [5.41, 5.74) is 2.63. The molecule has 4 aromatic carbocycles. The van der Waals surface area contributed by atoms with Crippen molar-refractivity contribution in [3.05, 3.63) is 138 Å². The van der Waals surface area contributed by atoms with Crippen molar-refractivity contribution in [1.29, 1.82) is 0 Å². The number of hydrogen-bond acceptors (Lipinski definition) is 2. The summed E-state index contributed by atoms with van der Waals surface area (Å²) >= 11 is 0. The summed E-state index contributed by atoms with van der Waals surface area (Å²) in [5.74, 6) is 0.444. The third kappa shape index (κ3) is 5.51. The normalized spacial score (nSPS) is 11.2. The number of amides is 1. The van der Waals surface area contributed by atoms with Crippen LogP contribution in [-0.4, -0.2) is 5.91 Å². The molecule has 0 aliphatic rings. The zero-order chi connectivity index (χ0) is 22.2. The molecule has 0 bridgehead atoms. The zero-order valence-electron chi connectivity index (χ0n) is 17.8. The van der Waals surface area contributed by atoms with Crippen molar-refractivity contribution in [2.24, 2.45) is 0 Å². The molecule has 1 N–H and O–H groups in total. The Hall–Kier alpha value is -3.68. The molecule has 0 heterocycles. The second kappa shape index (κ2) is 10.6. The fourth-order valence-electron chi connectivity index (χ4n) is 3.24.